The summed E-state index contributed by atoms with van der Waals surface area (Å²) in [5.74, 6) is 0.249. The molecule has 3 heterocycles. The Bertz CT molecular complexity index is 1150. The smallest absolute Gasteiger partial charge is 0.333 e. The molecule has 0 bridgehead atoms. The van der Waals surface area contributed by atoms with Crippen LogP contribution < -0.4 is 0 Å². The molecule has 9 heteroatoms. The highest BCUT2D eigenvalue weighted by molar-refractivity contribution is 6.28. The number of benzene rings is 1. The summed E-state index contributed by atoms with van der Waals surface area (Å²) in [5, 5.41) is 0.917. The lowest BCUT2D eigenvalue weighted by Crippen LogP contribution is -2.04. The van der Waals surface area contributed by atoms with Gasteiger partial charge in [0.15, 0.2) is 11.3 Å². The Morgan fingerprint density at radius 2 is 1.70 bits per heavy atom. The highest BCUT2D eigenvalue weighted by atomic mass is 35.5. The number of alkyl halides is 3. The Hall–Kier alpha value is -3.00. The first-order chi connectivity index (χ1) is 14.3. The molecule has 3 aromatic heterocycles. The van der Waals surface area contributed by atoms with E-state index in [1.54, 1.807) is 24.4 Å². The van der Waals surface area contributed by atoms with E-state index in [1.807, 2.05) is 32.0 Å². The number of imidazole rings is 1. The van der Waals surface area contributed by atoms with Gasteiger partial charge in [-0.3, -0.25) is 0 Å². The number of pyridine rings is 1. The van der Waals surface area contributed by atoms with Crippen molar-refractivity contribution in [3.05, 3.63) is 71.0 Å². The third kappa shape index (κ3) is 4.59. The normalized spacial score (nSPS) is 11.3. The fraction of sp³-hybridized carbons (Fsp3) is 0.238. The molecule has 0 saturated heterocycles. The van der Waals surface area contributed by atoms with E-state index in [2.05, 4.69) is 19.9 Å². The van der Waals surface area contributed by atoms with Gasteiger partial charge in [0.2, 0.25) is 5.28 Å². The quantitative estimate of drug-likeness (QED) is 0.388. The van der Waals surface area contributed by atoms with Gasteiger partial charge in [0, 0.05) is 36.8 Å². The first-order valence-electron chi connectivity index (χ1n) is 9.28. The van der Waals surface area contributed by atoms with Crippen molar-refractivity contribution >= 4 is 22.6 Å². The predicted octanol–water partition coefficient (Wildman–Crippen LogP) is 5.71. The zero-order chi connectivity index (χ0) is 21.9. The first-order valence-corrected chi connectivity index (χ1v) is 9.66. The Labute approximate surface area is 176 Å². The second-order valence-electron chi connectivity index (χ2n) is 6.25. The molecule has 5 nitrogen and oxygen atoms in total. The van der Waals surface area contributed by atoms with E-state index in [0.29, 0.717) is 17.6 Å². The van der Waals surface area contributed by atoms with E-state index in [1.165, 1.54) is 11.6 Å². The molecule has 0 spiro atoms. The number of nitrogens with zero attached hydrogens (tertiary/aromatic N) is 5. The van der Waals surface area contributed by atoms with Gasteiger partial charge in [0.05, 0.1) is 5.69 Å². The van der Waals surface area contributed by atoms with E-state index >= 15 is 0 Å². The summed E-state index contributed by atoms with van der Waals surface area (Å²) in [6, 6.07) is 10.8. The van der Waals surface area contributed by atoms with Gasteiger partial charge >= 0.3 is 6.18 Å². The summed E-state index contributed by atoms with van der Waals surface area (Å²) in [6.45, 7) is 4.00. The van der Waals surface area contributed by atoms with Gasteiger partial charge in [-0.25, -0.2) is 15.0 Å². The number of aromatic nitrogens is 5. The van der Waals surface area contributed by atoms with Crippen LogP contribution in [0.5, 0.6) is 0 Å². The van der Waals surface area contributed by atoms with Crippen molar-refractivity contribution in [1.82, 2.24) is 24.5 Å². The zero-order valence-electron chi connectivity index (χ0n) is 16.6. The Balaban J connectivity index is 0.00000124. The molecule has 0 fully saturated rings. The van der Waals surface area contributed by atoms with Gasteiger partial charge in [-0.1, -0.05) is 38.1 Å². The number of fused-ring (bicyclic) bond motifs is 1. The van der Waals surface area contributed by atoms with Crippen LogP contribution in [0.15, 0.2) is 48.8 Å². The number of rotatable bonds is 3. The molecule has 0 saturated carbocycles. The van der Waals surface area contributed by atoms with Crippen LogP contribution in [0.2, 0.25) is 5.28 Å². The van der Waals surface area contributed by atoms with Crippen LogP contribution in [0.3, 0.4) is 0 Å². The van der Waals surface area contributed by atoms with Crippen molar-refractivity contribution in [1.29, 1.82) is 0 Å². The first kappa shape index (κ1) is 21.7. The minimum absolute atomic E-state index is 0.116. The second kappa shape index (κ2) is 8.79. The topological polar surface area (TPSA) is 56.5 Å². The highest BCUT2D eigenvalue weighted by Gasteiger charge is 2.34. The molecule has 0 amide bonds. The molecule has 0 unspecified atom stereocenters. The second-order valence-corrected chi connectivity index (χ2v) is 6.58. The van der Waals surface area contributed by atoms with E-state index in [4.69, 9.17) is 11.6 Å². The van der Waals surface area contributed by atoms with Crippen molar-refractivity contribution in [2.24, 2.45) is 7.05 Å². The number of hydrogen-bond donors (Lipinski definition) is 0. The van der Waals surface area contributed by atoms with Gasteiger partial charge in [-0.05, 0) is 29.3 Å². The van der Waals surface area contributed by atoms with Gasteiger partial charge < -0.3 is 4.57 Å². The third-order valence-corrected chi connectivity index (χ3v) is 4.44. The number of hydrogen-bond acceptors (Lipinski definition) is 4. The monoisotopic (exact) mass is 433 g/mol. The largest absolute Gasteiger partial charge is 0.434 e. The summed E-state index contributed by atoms with van der Waals surface area (Å²) in [6.07, 6.45) is -1.38. The average molecular weight is 434 g/mol. The molecule has 4 rings (SSSR count). The van der Waals surface area contributed by atoms with E-state index in [-0.39, 0.29) is 11.1 Å². The summed E-state index contributed by atoms with van der Waals surface area (Å²) >= 11 is 5.99. The maximum absolute atomic E-state index is 12.9. The standard InChI is InChI=1S/C19H13ClF3N5.C2H6/c1-28-10-15(19(21,22)23)26-17(28)12-6-4-11(5-7-12)9-14-13-3-2-8-24-16(13)27-18(20)25-14;1-2/h2-8,10H,9H2,1H3;1-2H3. The van der Waals surface area contributed by atoms with Gasteiger partial charge in [0.1, 0.15) is 5.82 Å². The van der Waals surface area contributed by atoms with Gasteiger partial charge in [-0.2, -0.15) is 18.2 Å². The third-order valence-electron chi connectivity index (χ3n) is 4.27. The molecule has 0 radical (unpaired) electrons. The van der Waals surface area contributed by atoms with Crippen molar-refractivity contribution in [2.75, 3.05) is 0 Å². The molecule has 1 aromatic carbocycles. The molecule has 156 valence electrons. The van der Waals surface area contributed by atoms with Crippen LogP contribution in [-0.2, 0) is 19.6 Å². The molecular formula is C21H19ClF3N5. The summed E-state index contributed by atoms with van der Waals surface area (Å²) in [5.41, 5.74) is 1.85. The minimum atomic E-state index is -4.47. The van der Waals surface area contributed by atoms with Crippen LogP contribution in [0.25, 0.3) is 22.4 Å². The van der Waals surface area contributed by atoms with Crippen molar-refractivity contribution in [2.45, 2.75) is 26.4 Å². The molecule has 0 aliphatic carbocycles. The highest BCUT2D eigenvalue weighted by Crippen LogP contribution is 2.30. The van der Waals surface area contributed by atoms with Crippen LogP contribution in [0.1, 0.15) is 30.8 Å². The van der Waals surface area contributed by atoms with E-state index in [9.17, 15) is 13.2 Å². The van der Waals surface area contributed by atoms with Crippen molar-refractivity contribution in [3.63, 3.8) is 0 Å². The van der Waals surface area contributed by atoms with Crippen LogP contribution in [0, 0.1) is 0 Å². The molecule has 0 aliphatic heterocycles. The van der Waals surface area contributed by atoms with Gasteiger partial charge in [-0.15, -0.1) is 0 Å². The zero-order valence-corrected chi connectivity index (χ0v) is 17.3. The Morgan fingerprint density at radius 3 is 2.33 bits per heavy atom. The summed E-state index contributed by atoms with van der Waals surface area (Å²) < 4.78 is 39.9. The Kier molecular flexibility index (Phi) is 6.36. The number of aryl methyl sites for hydroxylation is 1. The summed E-state index contributed by atoms with van der Waals surface area (Å²) in [7, 11) is 1.54. The molecule has 30 heavy (non-hydrogen) atoms. The fourth-order valence-electron chi connectivity index (χ4n) is 2.97. The van der Waals surface area contributed by atoms with Crippen LogP contribution in [-0.4, -0.2) is 24.5 Å². The SMILES string of the molecule is CC.Cn1cc(C(F)(F)F)nc1-c1ccc(Cc2nc(Cl)nc3ncccc23)cc1. The molecule has 0 atom stereocenters. The summed E-state index contributed by atoms with van der Waals surface area (Å²) in [4.78, 5) is 16.3. The molecular weight excluding hydrogens is 415 g/mol. The fourth-order valence-corrected chi connectivity index (χ4v) is 3.15. The maximum Gasteiger partial charge on any atom is 0.434 e. The minimum Gasteiger partial charge on any atom is -0.333 e. The predicted molar refractivity (Wildman–Crippen MR) is 110 cm³/mol. The lowest BCUT2D eigenvalue weighted by Gasteiger charge is -2.07. The lowest BCUT2D eigenvalue weighted by molar-refractivity contribution is -0.140. The number of halogens is 4. The lowest BCUT2D eigenvalue weighted by atomic mass is 10.0. The van der Waals surface area contributed by atoms with Crippen LogP contribution >= 0.6 is 11.6 Å². The van der Waals surface area contributed by atoms with Crippen molar-refractivity contribution in [3.8, 4) is 11.4 Å². The van der Waals surface area contributed by atoms with Gasteiger partial charge in [0.25, 0.3) is 0 Å². The Morgan fingerprint density at radius 1 is 1.00 bits per heavy atom. The molecule has 0 N–H and O–H groups in total. The maximum atomic E-state index is 12.9. The van der Waals surface area contributed by atoms with E-state index < -0.39 is 11.9 Å². The van der Waals surface area contributed by atoms with E-state index in [0.717, 1.165) is 22.8 Å². The van der Waals surface area contributed by atoms with Crippen molar-refractivity contribution < 1.29 is 13.2 Å². The average Bonchev–Trinajstić information content (AvgIpc) is 3.12. The molecule has 0 aliphatic rings. The van der Waals surface area contributed by atoms with Crippen LogP contribution in [0.4, 0.5) is 13.2 Å². The molecule has 4 aromatic rings.